The highest BCUT2D eigenvalue weighted by atomic mass is 16.4. The fraction of sp³-hybridized carbons (Fsp3) is 0.429. The van der Waals surface area contributed by atoms with E-state index in [9.17, 15) is 5.11 Å². The maximum absolute atomic E-state index is 10.5. The van der Waals surface area contributed by atoms with Gasteiger partial charge in [0.1, 0.15) is 16.9 Å². The molecule has 1 fully saturated rings. The Balaban J connectivity index is 2.06. The van der Waals surface area contributed by atoms with Crippen LogP contribution in [0.3, 0.4) is 0 Å². The molecule has 3 rings (SSSR count). The number of aryl methyl sites for hydroxylation is 1. The quantitative estimate of drug-likeness (QED) is 0.792. The molecule has 1 saturated carbocycles. The molecule has 0 bridgehead atoms. The van der Waals surface area contributed by atoms with Crippen molar-refractivity contribution in [1.29, 1.82) is 0 Å². The summed E-state index contributed by atoms with van der Waals surface area (Å²) in [6, 6.07) is 8.06. The highest BCUT2D eigenvalue weighted by molar-refractivity contribution is 5.78. The van der Waals surface area contributed by atoms with E-state index in [0.29, 0.717) is 18.6 Å². The molecule has 0 radical (unpaired) electrons. The Hall–Kier alpha value is -1.32. The molecular weight excluding hydrogens is 214 g/mol. The second kappa shape index (κ2) is 3.59. The number of furan rings is 1. The maximum atomic E-state index is 10.5. The van der Waals surface area contributed by atoms with Gasteiger partial charge in [0.2, 0.25) is 0 Å². The summed E-state index contributed by atoms with van der Waals surface area (Å²) >= 11 is 0. The predicted octanol–water partition coefficient (Wildman–Crippen LogP) is 2.44. The molecule has 1 aromatic carbocycles. The minimum absolute atomic E-state index is 0.0787. The molecule has 0 spiro atoms. The number of fused-ring (bicyclic) bond motifs is 1. The lowest BCUT2D eigenvalue weighted by Crippen LogP contribution is -2.24. The molecule has 1 heterocycles. The largest absolute Gasteiger partial charge is 0.458 e. The third-order valence-electron chi connectivity index (χ3n) is 3.66. The normalized spacial score (nSPS) is 29.0. The van der Waals surface area contributed by atoms with Gasteiger partial charge < -0.3 is 15.3 Å². The van der Waals surface area contributed by atoms with Crippen LogP contribution in [0.5, 0.6) is 0 Å². The van der Waals surface area contributed by atoms with E-state index >= 15 is 0 Å². The molecule has 3 N–H and O–H groups in total. The van der Waals surface area contributed by atoms with Gasteiger partial charge in [-0.1, -0.05) is 11.6 Å². The van der Waals surface area contributed by atoms with Gasteiger partial charge in [-0.25, -0.2) is 0 Å². The zero-order valence-corrected chi connectivity index (χ0v) is 9.94. The SMILES string of the molecule is Cc1ccc2oc(C3(O)CCC(N)C3)cc2c1. The lowest BCUT2D eigenvalue weighted by Gasteiger charge is -2.18. The van der Waals surface area contributed by atoms with Crippen LogP contribution < -0.4 is 5.73 Å². The summed E-state index contributed by atoms with van der Waals surface area (Å²) < 4.78 is 5.75. The minimum Gasteiger partial charge on any atom is -0.458 e. The summed E-state index contributed by atoms with van der Waals surface area (Å²) in [5.74, 6) is 0.658. The van der Waals surface area contributed by atoms with Crippen molar-refractivity contribution in [2.24, 2.45) is 5.73 Å². The monoisotopic (exact) mass is 231 g/mol. The zero-order chi connectivity index (χ0) is 12.0. The molecule has 17 heavy (non-hydrogen) atoms. The van der Waals surface area contributed by atoms with Crippen LogP contribution in [-0.4, -0.2) is 11.1 Å². The molecule has 0 aliphatic heterocycles. The number of aliphatic hydroxyl groups is 1. The molecule has 90 valence electrons. The number of nitrogens with two attached hydrogens (primary N) is 1. The van der Waals surface area contributed by atoms with Crippen LogP contribution in [0.15, 0.2) is 28.7 Å². The van der Waals surface area contributed by atoms with Crippen LogP contribution in [0.1, 0.15) is 30.6 Å². The summed E-state index contributed by atoms with van der Waals surface area (Å²) in [6.45, 7) is 2.05. The van der Waals surface area contributed by atoms with Crippen LogP contribution in [0, 0.1) is 6.92 Å². The van der Waals surface area contributed by atoms with Gasteiger partial charge in [0.05, 0.1) is 0 Å². The van der Waals surface area contributed by atoms with E-state index < -0.39 is 5.60 Å². The molecule has 1 aromatic heterocycles. The summed E-state index contributed by atoms with van der Waals surface area (Å²) in [7, 11) is 0. The molecule has 2 atom stereocenters. The smallest absolute Gasteiger partial charge is 0.136 e. The first-order valence-corrected chi connectivity index (χ1v) is 6.05. The van der Waals surface area contributed by atoms with Crippen molar-refractivity contribution in [2.75, 3.05) is 0 Å². The van der Waals surface area contributed by atoms with E-state index in [1.165, 1.54) is 5.56 Å². The second-order valence-electron chi connectivity index (χ2n) is 5.19. The van der Waals surface area contributed by atoms with Crippen molar-refractivity contribution in [3.63, 3.8) is 0 Å². The summed E-state index contributed by atoms with van der Waals surface area (Å²) in [6.07, 6.45) is 2.13. The van der Waals surface area contributed by atoms with Crippen LogP contribution in [-0.2, 0) is 5.60 Å². The van der Waals surface area contributed by atoms with Gasteiger partial charge in [-0.15, -0.1) is 0 Å². The van der Waals surface area contributed by atoms with E-state index in [4.69, 9.17) is 10.2 Å². The first-order chi connectivity index (χ1) is 8.07. The van der Waals surface area contributed by atoms with Gasteiger partial charge in [-0.2, -0.15) is 0 Å². The second-order valence-corrected chi connectivity index (χ2v) is 5.19. The molecule has 0 amide bonds. The lowest BCUT2D eigenvalue weighted by molar-refractivity contribution is 0.0222. The third kappa shape index (κ3) is 1.75. The fourth-order valence-corrected chi connectivity index (χ4v) is 2.68. The van der Waals surface area contributed by atoms with Crippen molar-refractivity contribution in [2.45, 2.75) is 37.8 Å². The third-order valence-corrected chi connectivity index (χ3v) is 3.66. The minimum atomic E-state index is -0.869. The Bertz CT molecular complexity index is 560. The van der Waals surface area contributed by atoms with Crippen molar-refractivity contribution in [3.8, 4) is 0 Å². The zero-order valence-electron chi connectivity index (χ0n) is 9.94. The molecule has 1 aliphatic carbocycles. The Morgan fingerprint density at radius 2 is 2.24 bits per heavy atom. The standard InChI is InChI=1S/C14H17NO2/c1-9-2-3-12-10(6-9)7-13(17-12)14(16)5-4-11(15)8-14/h2-3,6-7,11,16H,4-5,8,15H2,1H3. The summed E-state index contributed by atoms with van der Waals surface area (Å²) in [4.78, 5) is 0. The van der Waals surface area contributed by atoms with Gasteiger partial charge in [0, 0.05) is 11.4 Å². The van der Waals surface area contributed by atoms with Gasteiger partial charge in [-0.05, 0) is 44.4 Å². The van der Waals surface area contributed by atoms with E-state index in [1.54, 1.807) is 0 Å². The number of hydrogen-bond acceptors (Lipinski definition) is 3. The Morgan fingerprint density at radius 1 is 1.41 bits per heavy atom. The predicted molar refractivity (Wildman–Crippen MR) is 66.7 cm³/mol. The first-order valence-electron chi connectivity index (χ1n) is 6.05. The Labute approximate surface area is 100 Å². The Morgan fingerprint density at radius 3 is 2.94 bits per heavy atom. The molecule has 2 unspecified atom stereocenters. The van der Waals surface area contributed by atoms with Crippen molar-refractivity contribution < 1.29 is 9.52 Å². The first kappa shape index (κ1) is 10.8. The lowest BCUT2D eigenvalue weighted by atomic mass is 9.98. The van der Waals surface area contributed by atoms with Crippen LogP contribution in [0.4, 0.5) is 0 Å². The highest BCUT2D eigenvalue weighted by Gasteiger charge is 2.40. The molecule has 2 aromatic rings. The average molecular weight is 231 g/mol. The maximum Gasteiger partial charge on any atom is 0.136 e. The average Bonchev–Trinajstić information content (AvgIpc) is 2.83. The fourth-order valence-electron chi connectivity index (χ4n) is 2.68. The topological polar surface area (TPSA) is 59.4 Å². The van der Waals surface area contributed by atoms with Gasteiger partial charge in [0.15, 0.2) is 0 Å². The molecule has 3 heteroatoms. The van der Waals surface area contributed by atoms with Crippen LogP contribution >= 0.6 is 0 Å². The van der Waals surface area contributed by atoms with Gasteiger partial charge in [-0.3, -0.25) is 0 Å². The van der Waals surface area contributed by atoms with E-state index in [0.717, 1.165) is 17.4 Å². The molecular formula is C14H17NO2. The number of rotatable bonds is 1. The number of benzene rings is 1. The summed E-state index contributed by atoms with van der Waals surface area (Å²) in [5.41, 5.74) is 7.02. The molecule has 1 aliphatic rings. The van der Waals surface area contributed by atoms with Gasteiger partial charge >= 0.3 is 0 Å². The van der Waals surface area contributed by atoms with Gasteiger partial charge in [0.25, 0.3) is 0 Å². The van der Waals surface area contributed by atoms with Crippen LogP contribution in [0.25, 0.3) is 11.0 Å². The van der Waals surface area contributed by atoms with Crippen LogP contribution in [0.2, 0.25) is 0 Å². The van der Waals surface area contributed by atoms with E-state index in [1.807, 2.05) is 25.1 Å². The molecule has 0 saturated heterocycles. The van der Waals surface area contributed by atoms with Crippen molar-refractivity contribution in [1.82, 2.24) is 0 Å². The molecule has 3 nitrogen and oxygen atoms in total. The summed E-state index contributed by atoms with van der Waals surface area (Å²) in [5, 5.41) is 11.6. The Kier molecular flexibility index (Phi) is 2.28. The van der Waals surface area contributed by atoms with Crippen molar-refractivity contribution >= 4 is 11.0 Å². The van der Waals surface area contributed by atoms with E-state index in [2.05, 4.69) is 6.07 Å². The van der Waals surface area contributed by atoms with E-state index in [-0.39, 0.29) is 6.04 Å². The number of hydrogen-bond donors (Lipinski definition) is 2. The van der Waals surface area contributed by atoms with Crippen molar-refractivity contribution in [3.05, 3.63) is 35.6 Å². The highest BCUT2D eigenvalue weighted by Crippen LogP contribution is 2.40.